The van der Waals surface area contributed by atoms with Gasteiger partial charge in [0.1, 0.15) is 5.75 Å². The molecule has 3 nitrogen and oxygen atoms in total. The van der Waals surface area contributed by atoms with Gasteiger partial charge < -0.3 is 4.74 Å². The summed E-state index contributed by atoms with van der Waals surface area (Å²) in [7, 11) is 0. The van der Waals surface area contributed by atoms with E-state index in [4.69, 9.17) is 4.74 Å². The molecule has 0 saturated heterocycles. The lowest BCUT2D eigenvalue weighted by atomic mass is 10.3. The molecule has 2 rings (SSSR count). The zero-order valence-electron chi connectivity index (χ0n) is 9.93. The molecule has 1 N–H and O–H groups in total. The Morgan fingerprint density at radius 1 is 1.17 bits per heavy atom. The normalized spacial score (nSPS) is 10.6. The van der Waals surface area contributed by atoms with E-state index >= 15 is 0 Å². The topological polar surface area (TPSA) is 33.6 Å². The van der Waals surface area contributed by atoms with Crippen LogP contribution in [0.2, 0.25) is 0 Å². The highest BCUT2D eigenvalue weighted by atomic mass is 19.1. The van der Waals surface area contributed by atoms with Crippen LogP contribution in [0.3, 0.4) is 0 Å². The molecular weight excluding hydrogens is 231 g/mol. The van der Waals surface area contributed by atoms with Gasteiger partial charge in [0.25, 0.3) is 0 Å². The van der Waals surface area contributed by atoms with E-state index in [1.54, 1.807) is 37.4 Å². The van der Waals surface area contributed by atoms with Crippen LogP contribution in [0.1, 0.15) is 6.92 Å². The molecule has 0 aliphatic heterocycles. The Morgan fingerprint density at radius 3 is 2.61 bits per heavy atom. The van der Waals surface area contributed by atoms with Crippen LogP contribution in [0.25, 0.3) is 0 Å². The molecular formula is C14H13FN2O. The van der Waals surface area contributed by atoms with E-state index in [9.17, 15) is 4.39 Å². The number of hydrazone groups is 1. The molecule has 2 aromatic carbocycles. The fraction of sp³-hybridized carbons (Fsp3) is 0.0714. The lowest BCUT2D eigenvalue weighted by Crippen LogP contribution is -1.92. The first kappa shape index (κ1) is 12.1. The summed E-state index contributed by atoms with van der Waals surface area (Å²) in [6, 6.07) is 13.7. The molecule has 0 aliphatic carbocycles. The van der Waals surface area contributed by atoms with E-state index in [-0.39, 0.29) is 5.75 Å². The third-order valence-electron chi connectivity index (χ3n) is 2.23. The molecule has 18 heavy (non-hydrogen) atoms. The van der Waals surface area contributed by atoms with Gasteiger partial charge in [-0.3, -0.25) is 5.43 Å². The van der Waals surface area contributed by atoms with Crippen molar-refractivity contribution in [1.29, 1.82) is 0 Å². The fourth-order valence-corrected chi connectivity index (χ4v) is 1.41. The monoisotopic (exact) mass is 244 g/mol. The van der Waals surface area contributed by atoms with Gasteiger partial charge in [-0.25, -0.2) is 4.39 Å². The van der Waals surface area contributed by atoms with Crippen molar-refractivity contribution in [1.82, 2.24) is 0 Å². The summed E-state index contributed by atoms with van der Waals surface area (Å²) >= 11 is 0. The highest BCUT2D eigenvalue weighted by molar-refractivity contribution is 5.56. The van der Waals surface area contributed by atoms with Crippen LogP contribution in [0.15, 0.2) is 53.6 Å². The number of para-hydroxylation sites is 1. The summed E-state index contributed by atoms with van der Waals surface area (Å²) in [6.45, 7) is 1.77. The van der Waals surface area contributed by atoms with E-state index in [0.29, 0.717) is 11.4 Å². The molecule has 0 atom stereocenters. The molecule has 0 unspecified atom stereocenters. The Labute approximate surface area is 105 Å². The van der Waals surface area contributed by atoms with Crippen LogP contribution in [0.4, 0.5) is 10.1 Å². The minimum Gasteiger partial charge on any atom is -0.454 e. The smallest absolute Gasteiger partial charge is 0.167 e. The first-order valence-corrected chi connectivity index (χ1v) is 5.56. The van der Waals surface area contributed by atoms with Crippen LogP contribution in [0.5, 0.6) is 11.5 Å². The van der Waals surface area contributed by atoms with Gasteiger partial charge in [-0.2, -0.15) is 5.10 Å². The third-order valence-corrected chi connectivity index (χ3v) is 2.23. The Hall–Kier alpha value is -2.36. The number of rotatable bonds is 4. The Kier molecular flexibility index (Phi) is 3.91. The van der Waals surface area contributed by atoms with Gasteiger partial charge in [0, 0.05) is 12.3 Å². The maximum absolute atomic E-state index is 13.7. The number of nitrogens with zero attached hydrogens (tertiary/aromatic N) is 1. The molecule has 0 bridgehead atoms. The molecule has 0 radical (unpaired) electrons. The van der Waals surface area contributed by atoms with E-state index in [1.807, 2.05) is 18.2 Å². The highest BCUT2D eigenvalue weighted by Gasteiger charge is 2.05. The first-order chi connectivity index (χ1) is 8.79. The van der Waals surface area contributed by atoms with E-state index in [2.05, 4.69) is 10.5 Å². The zero-order valence-corrected chi connectivity index (χ0v) is 9.93. The van der Waals surface area contributed by atoms with Crippen molar-refractivity contribution in [2.24, 2.45) is 5.10 Å². The van der Waals surface area contributed by atoms with Crippen molar-refractivity contribution in [2.75, 3.05) is 5.43 Å². The minimum atomic E-state index is -0.435. The lowest BCUT2D eigenvalue weighted by molar-refractivity contribution is 0.442. The predicted molar refractivity (Wildman–Crippen MR) is 70.7 cm³/mol. The van der Waals surface area contributed by atoms with Gasteiger partial charge >= 0.3 is 0 Å². The number of benzene rings is 2. The minimum absolute atomic E-state index is 0.187. The molecule has 0 spiro atoms. The molecule has 0 aromatic heterocycles. The molecule has 0 amide bonds. The van der Waals surface area contributed by atoms with Crippen molar-refractivity contribution < 1.29 is 9.13 Å². The van der Waals surface area contributed by atoms with E-state index in [1.165, 1.54) is 6.07 Å². The van der Waals surface area contributed by atoms with Gasteiger partial charge in [0.05, 0.1) is 5.69 Å². The molecule has 4 heteroatoms. The van der Waals surface area contributed by atoms with Crippen molar-refractivity contribution in [3.63, 3.8) is 0 Å². The summed E-state index contributed by atoms with van der Waals surface area (Å²) in [6.07, 6.45) is 1.59. The van der Waals surface area contributed by atoms with Crippen LogP contribution in [0, 0.1) is 5.82 Å². The van der Waals surface area contributed by atoms with Crippen molar-refractivity contribution in [3.05, 3.63) is 54.3 Å². The standard InChI is InChI=1S/C14H13FN2O/c1-2-16-17-11-8-9-14(13(15)10-11)18-12-6-4-3-5-7-12/h2-10,17H,1H3. The van der Waals surface area contributed by atoms with E-state index < -0.39 is 5.82 Å². The maximum Gasteiger partial charge on any atom is 0.167 e. The summed E-state index contributed by atoms with van der Waals surface area (Å²) < 4.78 is 19.2. The third kappa shape index (κ3) is 3.07. The summed E-state index contributed by atoms with van der Waals surface area (Å²) in [5.41, 5.74) is 3.28. The van der Waals surface area contributed by atoms with Crippen molar-refractivity contribution in [2.45, 2.75) is 6.92 Å². The number of nitrogens with one attached hydrogen (secondary N) is 1. The van der Waals surface area contributed by atoms with Gasteiger partial charge in [0.2, 0.25) is 0 Å². The Balaban J connectivity index is 2.15. The number of hydrogen-bond acceptors (Lipinski definition) is 3. The summed E-state index contributed by atoms with van der Waals surface area (Å²) in [5.74, 6) is 0.353. The first-order valence-electron chi connectivity index (χ1n) is 5.56. The van der Waals surface area contributed by atoms with Gasteiger partial charge in [-0.05, 0) is 31.2 Å². The average molecular weight is 244 g/mol. The SMILES string of the molecule is CC=NNc1ccc(Oc2ccccc2)c(F)c1. The summed E-state index contributed by atoms with van der Waals surface area (Å²) in [5, 5.41) is 3.81. The van der Waals surface area contributed by atoms with Crippen LogP contribution >= 0.6 is 0 Å². The quantitative estimate of drug-likeness (QED) is 0.650. The number of ether oxygens (including phenoxy) is 1. The van der Waals surface area contributed by atoms with E-state index in [0.717, 1.165) is 0 Å². The van der Waals surface area contributed by atoms with Gasteiger partial charge in [0.15, 0.2) is 11.6 Å². The number of halogens is 1. The molecule has 92 valence electrons. The largest absolute Gasteiger partial charge is 0.454 e. The second-order valence-corrected chi connectivity index (χ2v) is 3.56. The van der Waals surface area contributed by atoms with Gasteiger partial charge in [-0.1, -0.05) is 18.2 Å². The Bertz CT molecular complexity index is 541. The second kappa shape index (κ2) is 5.82. The highest BCUT2D eigenvalue weighted by Crippen LogP contribution is 2.26. The maximum atomic E-state index is 13.7. The van der Waals surface area contributed by atoms with Crippen molar-refractivity contribution in [3.8, 4) is 11.5 Å². The van der Waals surface area contributed by atoms with Crippen LogP contribution < -0.4 is 10.2 Å². The second-order valence-electron chi connectivity index (χ2n) is 3.56. The lowest BCUT2D eigenvalue weighted by Gasteiger charge is -2.07. The molecule has 0 fully saturated rings. The zero-order chi connectivity index (χ0) is 12.8. The summed E-state index contributed by atoms with van der Waals surface area (Å²) in [4.78, 5) is 0. The Morgan fingerprint density at radius 2 is 1.94 bits per heavy atom. The van der Waals surface area contributed by atoms with Crippen LogP contribution in [-0.4, -0.2) is 6.21 Å². The van der Waals surface area contributed by atoms with Crippen molar-refractivity contribution >= 4 is 11.9 Å². The molecule has 0 aliphatic rings. The van der Waals surface area contributed by atoms with Crippen LogP contribution in [-0.2, 0) is 0 Å². The molecule has 0 saturated carbocycles. The molecule has 2 aromatic rings. The molecule has 0 heterocycles. The average Bonchev–Trinajstić information content (AvgIpc) is 2.40. The predicted octanol–water partition coefficient (Wildman–Crippen LogP) is 4.04. The number of anilines is 1. The number of hydrogen-bond donors (Lipinski definition) is 1. The fourth-order valence-electron chi connectivity index (χ4n) is 1.41. The van der Waals surface area contributed by atoms with Gasteiger partial charge in [-0.15, -0.1) is 0 Å².